The summed E-state index contributed by atoms with van der Waals surface area (Å²) >= 11 is 1.69. The number of aromatic nitrogens is 1. The minimum Gasteiger partial charge on any atom is -0.356 e. The van der Waals surface area contributed by atoms with Gasteiger partial charge in [0.15, 0.2) is 0 Å². The van der Waals surface area contributed by atoms with Crippen molar-refractivity contribution in [3.63, 3.8) is 0 Å². The van der Waals surface area contributed by atoms with E-state index in [9.17, 15) is 9.18 Å². The summed E-state index contributed by atoms with van der Waals surface area (Å²) in [7, 11) is 0. The number of H-pyrrole nitrogens is 1. The van der Waals surface area contributed by atoms with E-state index in [1.165, 1.54) is 28.0 Å². The van der Waals surface area contributed by atoms with Crippen LogP contribution >= 0.6 is 11.8 Å². The summed E-state index contributed by atoms with van der Waals surface area (Å²) in [6.07, 6.45) is 2.81. The lowest BCUT2D eigenvalue weighted by Gasteiger charge is -2.36. The van der Waals surface area contributed by atoms with Crippen LogP contribution < -0.4 is 0 Å². The van der Waals surface area contributed by atoms with Crippen LogP contribution in [0.25, 0.3) is 10.9 Å². The van der Waals surface area contributed by atoms with Gasteiger partial charge in [0.1, 0.15) is 5.82 Å². The fraction of sp³-hybridized carbons (Fsp3) is 0.160. The van der Waals surface area contributed by atoms with E-state index in [4.69, 9.17) is 0 Å². The van der Waals surface area contributed by atoms with Gasteiger partial charge in [-0.05, 0) is 60.2 Å². The van der Waals surface area contributed by atoms with Crippen LogP contribution in [-0.2, 0) is 6.42 Å². The third kappa shape index (κ3) is 3.19. The van der Waals surface area contributed by atoms with E-state index in [2.05, 4.69) is 41.4 Å². The number of hydrogen-bond acceptors (Lipinski definition) is 2. The molecule has 0 bridgehead atoms. The van der Waals surface area contributed by atoms with Crippen LogP contribution in [0.2, 0.25) is 0 Å². The molecule has 1 atom stereocenters. The summed E-state index contributed by atoms with van der Waals surface area (Å²) in [6.45, 7) is 0.582. The standard InChI is InChI=1S/C25H21FN2OS/c1-30-19-11-9-16(10-12-19)24-23-21(20-7-2-3-8-22(20)27-23)13-14-28(24)25(29)17-5-4-6-18(26)15-17/h2-12,15,24,27H,13-14H2,1H3/t24-/m0/s1. The van der Waals surface area contributed by atoms with Crippen molar-refractivity contribution in [3.05, 3.63) is 101 Å². The fourth-order valence-electron chi connectivity index (χ4n) is 4.38. The minimum absolute atomic E-state index is 0.155. The highest BCUT2D eigenvalue weighted by molar-refractivity contribution is 7.98. The Morgan fingerprint density at radius 1 is 1.07 bits per heavy atom. The summed E-state index contributed by atoms with van der Waals surface area (Å²) < 4.78 is 13.8. The Kier molecular flexibility index (Phi) is 4.83. The fourth-order valence-corrected chi connectivity index (χ4v) is 4.79. The van der Waals surface area contributed by atoms with Gasteiger partial charge in [-0.2, -0.15) is 0 Å². The van der Waals surface area contributed by atoms with E-state index >= 15 is 0 Å². The molecule has 5 heteroatoms. The van der Waals surface area contributed by atoms with Crippen molar-refractivity contribution in [2.75, 3.05) is 12.8 Å². The second kappa shape index (κ2) is 7.65. The Morgan fingerprint density at radius 2 is 1.87 bits per heavy atom. The molecule has 4 aromatic rings. The third-order valence-corrected chi connectivity index (χ3v) is 6.54. The number of halogens is 1. The number of rotatable bonds is 3. The molecule has 0 spiro atoms. The highest BCUT2D eigenvalue weighted by atomic mass is 32.2. The van der Waals surface area contributed by atoms with Crippen molar-refractivity contribution >= 4 is 28.6 Å². The number of nitrogens with one attached hydrogen (secondary N) is 1. The first kappa shape index (κ1) is 18.9. The average molecular weight is 417 g/mol. The molecule has 30 heavy (non-hydrogen) atoms. The van der Waals surface area contributed by atoms with E-state index in [1.807, 2.05) is 23.3 Å². The Hall–Kier alpha value is -3.05. The van der Waals surface area contributed by atoms with Crippen molar-refractivity contribution in [2.24, 2.45) is 0 Å². The van der Waals surface area contributed by atoms with E-state index in [0.717, 1.165) is 23.2 Å². The number of carbonyl (C=O) groups excluding carboxylic acids is 1. The molecular formula is C25H21FN2OS. The lowest BCUT2D eigenvalue weighted by molar-refractivity contribution is 0.0691. The van der Waals surface area contributed by atoms with Crippen molar-refractivity contribution in [3.8, 4) is 0 Å². The smallest absolute Gasteiger partial charge is 0.254 e. The van der Waals surface area contributed by atoms with Gasteiger partial charge in [-0.15, -0.1) is 11.8 Å². The van der Waals surface area contributed by atoms with Gasteiger partial charge in [-0.3, -0.25) is 4.79 Å². The van der Waals surface area contributed by atoms with Crippen LogP contribution in [0.4, 0.5) is 4.39 Å². The van der Waals surface area contributed by atoms with Crippen LogP contribution in [-0.4, -0.2) is 28.6 Å². The first-order valence-corrected chi connectivity index (χ1v) is 11.2. The number of nitrogens with zero attached hydrogens (tertiary/aromatic N) is 1. The van der Waals surface area contributed by atoms with Crippen molar-refractivity contribution in [1.82, 2.24) is 9.88 Å². The molecule has 5 rings (SSSR count). The summed E-state index contributed by atoms with van der Waals surface area (Å²) in [5, 5.41) is 1.20. The SMILES string of the molecule is CSc1ccc([C@H]2c3[nH]c4ccccc4c3CCN2C(=O)c2cccc(F)c2)cc1. The molecule has 0 saturated carbocycles. The number of carbonyl (C=O) groups is 1. The van der Waals surface area contributed by atoms with E-state index in [-0.39, 0.29) is 11.9 Å². The lowest BCUT2D eigenvalue weighted by atomic mass is 9.91. The summed E-state index contributed by atoms with van der Waals surface area (Å²) in [4.78, 5) is 20.0. The Labute approximate surface area is 178 Å². The molecule has 0 radical (unpaired) electrons. The zero-order valence-electron chi connectivity index (χ0n) is 16.6. The van der Waals surface area contributed by atoms with Gasteiger partial charge in [0.05, 0.1) is 6.04 Å². The Balaban J connectivity index is 1.65. The first-order valence-electron chi connectivity index (χ1n) is 9.95. The Morgan fingerprint density at radius 3 is 2.63 bits per heavy atom. The quantitative estimate of drug-likeness (QED) is 0.428. The monoisotopic (exact) mass is 416 g/mol. The van der Waals surface area contributed by atoms with Gasteiger partial charge < -0.3 is 9.88 Å². The van der Waals surface area contributed by atoms with Gasteiger partial charge in [-0.1, -0.05) is 36.4 Å². The number of amides is 1. The number of para-hydroxylation sites is 1. The number of fused-ring (bicyclic) bond motifs is 3. The van der Waals surface area contributed by atoms with Crippen molar-refractivity contribution in [1.29, 1.82) is 0 Å². The zero-order valence-corrected chi connectivity index (χ0v) is 17.4. The molecule has 1 aliphatic heterocycles. The van der Waals surface area contributed by atoms with Gasteiger partial charge in [0.25, 0.3) is 5.91 Å². The van der Waals surface area contributed by atoms with Crippen LogP contribution in [0.1, 0.15) is 33.2 Å². The minimum atomic E-state index is -0.398. The van der Waals surface area contributed by atoms with Gasteiger partial charge in [0, 0.05) is 33.6 Å². The zero-order chi connectivity index (χ0) is 20.7. The Bertz CT molecular complexity index is 1230. The van der Waals surface area contributed by atoms with Gasteiger partial charge in [0.2, 0.25) is 0 Å². The molecule has 1 aliphatic rings. The maximum Gasteiger partial charge on any atom is 0.254 e. The number of hydrogen-bond donors (Lipinski definition) is 1. The van der Waals surface area contributed by atoms with Crippen LogP contribution in [0.5, 0.6) is 0 Å². The molecule has 1 N–H and O–H groups in total. The van der Waals surface area contributed by atoms with E-state index in [1.54, 1.807) is 23.9 Å². The molecule has 150 valence electrons. The largest absolute Gasteiger partial charge is 0.356 e. The van der Waals surface area contributed by atoms with Gasteiger partial charge in [-0.25, -0.2) is 4.39 Å². The predicted molar refractivity (Wildman–Crippen MR) is 120 cm³/mol. The molecular weight excluding hydrogens is 395 g/mol. The van der Waals surface area contributed by atoms with Crippen LogP contribution in [0.3, 0.4) is 0 Å². The number of thioether (sulfide) groups is 1. The maximum absolute atomic E-state index is 13.8. The molecule has 0 aliphatic carbocycles. The normalized spacial score (nSPS) is 15.9. The van der Waals surface area contributed by atoms with Crippen molar-refractivity contribution < 1.29 is 9.18 Å². The predicted octanol–water partition coefficient (Wildman–Crippen LogP) is 5.82. The van der Waals surface area contributed by atoms with E-state index in [0.29, 0.717) is 12.1 Å². The van der Waals surface area contributed by atoms with Crippen molar-refractivity contribution in [2.45, 2.75) is 17.4 Å². The maximum atomic E-state index is 13.8. The average Bonchev–Trinajstić information content (AvgIpc) is 3.17. The van der Waals surface area contributed by atoms with E-state index < -0.39 is 5.82 Å². The van der Waals surface area contributed by atoms with Crippen LogP contribution in [0, 0.1) is 5.82 Å². The molecule has 1 amide bonds. The molecule has 0 unspecified atom stereocenters. The summed E-state index contributed by atoms with van der Waals surface area (Å²) in [5.41, 5.74) is 4.80. The van der Waals surface area contributed by atoms with Crippen LogP contribution in [0.15, 0.2) is 77.7 Å². The summed E-state index contributed by atoms with van der Waals surface area (Å²) in [6, 6.07) is 22.3. The summed E-state index contributed by atoms with van der Waals surface area (Å²) in [5.74, 6) is -0.553. The highest BCUT2D eigenvalue weighted by Gasteiger charge is 2.35. The molecule has 3 nitrogen and oxygen atoms in total. The number of benzene rings is 3. The molecule has 0 saturated heterocycles. The molecule has 3 aromatic carbocycles. The topological polar surface area (TPSA) is 36.1 Å². The molecule has 0 fully saturated rings. The molecule has 2 heterocycles. The first-order chi connectivity index (χ1) is 14.7. The second-order valence-corrected chi connectivity index (χ2v) is 8.38. The number of aromatic amines is 1. The second-order valence-electron chi connectivity index (χ2n) is 7.50. The van der Waals surface area contributed by atoms with Gasteiger partial charge >= 0.3 is 0 Å². The highest BCUT2D eigenvalue weighted by Crippen LogP contribution is 2.39. The molecule has 1 aromatic heterocycles. The lowest BCUT2D eigenvalue weighted by Crippen LogP contribution is -2.40. The third-order valence-electron chi connectivity index (χ3n) is 5.80.